The summed E-state index contributed by atoms with van der Waals surface area (Å²) >= 11 is 4.26. The van der Waals surface area contributed by atoms with Crippen molar-refractivity contribution in [3.05, 3.63) is 0 Å². The SMILES string of the molecule is CCC1CCO[Si](CC)(CCCS)ONC1. The van der Waals surface area contributed by atoms with Crippen molar-refractivity contribution in [2.24, 2.45) is 5.92 Å². The van der Waals surface area contributed by atoms with Crippen molar-refractivity contribution in [3.8, 4) is 0 Å². The number of rotatable bonds is 5. The Morgan fingerprint density at radius 3 is 2.88 bits per heavy atom. The summed E-state index contributed by atoms with van der Waals surface area (Å²) in [5.41, 5.74) is 3.15. The molecule has 1 aliphatic rings. The number of thiol groups is 1. The molecule has 3 nitrogen and oxygen atoms in total. The van der Waals surface area contributed by atoms with Crippen molar-refractivity contribution in [2.45, 2.75) is 45.2 Å². The third-order valence-electron chi connectivity index (χ3n) is 3.35. The molecule has 0 spiro atoms. The maximum atomic E-state index is 6.07. The van der Waals surface area contributed by atoms with E-state index in [-0.39, 0.29) is 0 Å². The van der Waals surface area contributed by atoms with Crippen LogP contribution in [-0.4, -0.2) is 27.5 Å². The van der Waals surface area contributed by atoms with Gasteiger partial charge in [-0.3, -0.25) is 0 Å². The van der Waals surface area contributed by atoms with E-state index >= 15 is 0 Å². The van der Waals surface area contributed by atoms with E-state index < -0.39 is 8.56 Å². The predicted molar refractivity (Wildman–Crippen MR) is 72.9 cm³/mol. The highest BCUT2D eigenvalue weighted by atomic mass is 32.1. The standard InChI is InChI=1S/C11H25NO2SSi/c1-3-11-6-7-13-16(4-2,9-5-8-15)14-12-10-11/h11-12,15H,3-10H2,1-2H3. The van der Waals surface area contributed by atoms with Gasteiger partial charge in [0.2, 0.25) is 0 Å². The Morgan fingerprint density at radius 2 is 2.25 bits per heavy atom. The van der Waals surface area contributed by atoms with E-state index in [0.717, 1.165) is 43.8 Å². The van der Waals surface area contributed by atoms with Gasteiger partial charge in [-0.2, -0.15) is 12.6 Å². The monoisotopic (exact) mass is 263 g/mol. The molecule has 1 fully saturated rings. The summed E-state index contributed by atoms with van der Waals surface area (Å²) in [5, 5.41) is 0. The molecule has 2 atom stereocenters. The molecular formula is C11H25NO2SSi. The lowest BCUT2D eigenvalue weighted by Crippen LogP contribution is -2.48. The summed E-state index contributed by atoms with van der Waals surface area (Å²) in [6.07, 6.45) is 3.43. The van der Waals surface area contributed by atoms with Crippen LogP contribution >= 0.6 is 12.6 Å². The Morgan fingerprint density at radius 1 is 1.44 bits per heavy atom. The van der Waals surface area contributed by atoms with E-state index in [1.807, 2.05) is 0 Å². The van der Waals surface area contributed by atoms with E-state index in [4.69, 9.17) is 8.95 Å². The van der Waals surface area contributed by atoms with Crippen molar-refractivity contribution in [1.82, 2.24) is 5.48 Å². The predicted octanol–water partition coefficient (Wildman–Crippen LogP) is 2.74. The molecular weight excluding hydrogens is 238 g/mol. The van der Waals surface area contributed by atoms with E-state index in [9.17, 15) is 0 Å². The second kappa shape index (κ2) is 7.71. The quantitative estimate of drug-likeness (QED) is 0.590. The molecule has 0 saturated carbocycles. The zero-order chi connectivity index (χ0) is 11.9. The lowest BCUT2D eigenvalue weighted by molar-refractivity contribution is 0.0657. The second-order valence-corrected chi connectivity index (χ2v) is 8.42. The van der Waals surface area contributed by atoms with E-state index in [2.05, 4.69) is 32.0 Å². The van der Waals surface area contributed by atoms with Crippen molar-refractivity contribution in [3.63, 3.8) is 0 Å². The fourth-order valence-corrected chi connectivity index (χ4v) is 5.02. The van der Waals surface area contributed by atoms with E-state index in [1.54, 1.807) is 0 Å². The molecule has 1 aliphatic heterocycles. The smallest absolute Gasteiger partial charge is 0.357 e. The van der Waals surface area contributed by atoms with Crippen LogP contribution in [0.15, 0.2) is 0 Å². The fourth-order valence-electron chi connectivity index (χ4n) is 2.01. The van der Waals surface area contributed by atoms with Crippen molar-refractivity contribution in [2.75, 3.05) is 18.9 Å². The number of hydroxylamine groups is 1. The van der Waals surface area contributed by atoms with Crippen LogP contribution in [0.2, 0.25) is 12.1 Å². The van der Waals surface area contributed by atoms with Gasteiger partial charge >= 0.3 is 8.56 Å². The van der Waals surface area contributed by atoms with Gasteiger partial charge in [0.1, 0.15) is 0 Å². The minimum Gasteiger partial charge on any atom is -0.393 e. The van der Waals surface area contributed by atoms with Crippen molar-refractivity contribution < 1.29 is 8.95 Å². The lowest BCUT2D eigenvalue weighted by atomic mass is 10.0. The van der Waals surface area contributed by atoms with Crippen LogP contribution in [-0.2, 0) is 8.95 Å². The van der Waals surface area contributed by atoms with Gasteiger partial charge in [0.25, 0.3) is 0 Å². The third-order valence-corrected chi connectivity index (χ3v) is 7.11. The molecule has 1 rings (SSSR count). The van der Waals surface area contributed by atoms with Gasteiger partial charge in [-0.1, -0.05) is 20.3 Å². The molecule has 0 bridgehead atoms. The Labute approximate surface area is 106 Å². The summed E-state index contributed by atoms with van der Waals surface area (Å²) in [6.45, 7) is 6.23. The average Bonchev–Trinajstić information content (AvgIpc) is 2.29. The van der Waals surface area contributed by atoms with Crippen LogP contribution < -0.4 is 5.48 Å². The first kappa shape index (κ1) is 14.5. The summed E-state index contributed by atoms with van der Waals surface area (Å²) in [7, 11) is -1.96. The zero-order valence-electron chi connectivity index (χ0n) is 10.5. The van der Waals surface area contributed by atoms with Gasteiger partial charge in [0.05, 0.1) is 0 Å². The minimum absolute atomic E-state index is 0.689. The zero-order valence-corrected chi connectivity index (χ0v) is 12.4. The molecule has 96 valence electrons. The molecule has 0 aromatic carbocycles. The molecule has 0 aromatic rings. The minimum atomic E-state index is -1.96. The number of nitrogens with one attached hydrogen (secondary N) is 1. The first-order valence-corrected chi connectivity index (χ1v) is 9.28. The Bertz CT molecular complexity index is 185. The second-order valence-electron chi connectivity index (χ2n) is 4.45. The maximum absolute atomic E-state index is 6.07. The van der Waals surface area contributed by atoms with Crippen LogP contribution in [0.4, 0.5) is 0 Å². The van der Waals surface area contributed by atoms with Crippen LogP contribution in [0, 0.1) is 5.92 Å². The van der Waals surface area contributed by atoms with Crippen LogP contribution in [0.25, 0.3) is 0 Å². The highest BCUT2D eigenvalue weighted by Crippen LogP contribution is 2.23. The molecule has 1 saturated heterocycles. The number of hydrogen-bond acceptors (Lipinski definition) is 4. The van der Waals surface area contributed by atoms with Gasteiger partial charge in [-0.25, -0.2) is 5.48 Å². The number of hydrogen-bond donors (Lipinski definition) is 2. The summed E-state index contributed by atoms with van der Waals surface area (Å²) in [6, 6.07) is 2.07. The van der Waals surface area contributed by atoms with Gasteiger partial charge in [-0.15, -0.1) is 0 Å². The summed E-state index contributed by atoms with van der Waals surface area (Å²) < 4.78 is 12.0. The molecule has 0 aliphatic carbocycles. The molecule has 1 N–H and O–H groups in total. The maximum Gasteiger partial charge on any atom is 0.357 e. The normalized spacial score (nSPS) is 32.1. The molecule has 1 heterocycles. The van der Waals surface area contributed by atoms with Crippen LogP contribution in [0.1, 0.15) is 33.1 Å². The summed E-state index contributed by atoms with van der Waals surface area (Å²) in [4.78, 5) is 0. The Hall–Kier alpha value is 0.447. The van der Waals surface area contributed by atoms with Crippen LogP contribution in [0.3, 0.4) is 0 Å². The first-order valence-electron chi connectivity index (χ1n) is 6.42. The Balaban J connectivity index is 2.46. The van der Waals surface area contributed by atoms with Crippen LogP contribution in [0.5, 0.6) is 0 Å². The van der Waals surface area contributed by atoms with Crippen molar-refractivity contribution in [1.29, 1.82) is 0 Å². The molecule has 16 heavy (non-hydrogen) atoms. The highest BCUT2D eigenvalue weighted by molar-refractivity contribution is 7.80. The third kappa shape index (κ3) is 4.37. The lowest BCUT2D eigenvalue weighted by Gasteiger charge is -2.33. The molecule has 5 heteroatoms. The molecule has 0 amide bonds. The van der Waals surface area contributed by atoms with E-state index in [1.165, 1.54) is 6.42 Å². The largest absolute Gasteiger partial charge is 0.393 e. The molecule has 0 aromatic heterocycles. The molecule has 0 radical (unpaired) electrons. The fraction of sp³-hybridized carbons (Fsp3) is 1.00. The van der Waals surface area contributed by atoms with Gasteiger partial charge in [0, 0.05) is 13.2 Å². The highest BCUT2D eigenvalue weighted by Gasteiger charge is 2.37. The molecule has 2 unspecified atom stereocenters. The van der Waals surface area contributed by atoms with Crippen molar-refractivity contribution >= 4 is 21.2 Å². The van der Waals surface area contributed by atoms with Gasteiger partial charge in [-0.05, 0) is 36.6 Å². The Kier molecular flexibility index (Phi) is 6.99. The average molecular weight is 263 g/mol. The van der Waals surface area contributed by atoms with Gasteiger partial charge < -0.3 is 8.95 Å². The van der Waals surface area contributed by atoms with Gasteiger partial charge in [0.15, 0.2) is 0 Å². The first-order chi connectivity index (χ1) is 7.76. The topological polar surface area (TPSA) is 30.5 Å². The van der Waals surface area contributed by atoms with E-state index in [0.29, 0.717) is 5.92 Å². The summed E-state index contributed by atoms with van der Waals surface area (Å²) in [5.74, 6) is 1.60.